The van der Waals surface area contributed by atoms with Crippen molar-refractivity contribution < 1.29 is 14.7 Å². The van der Waals surface area contributed by atoms with Crippen LogP contribution in [0.25, 0.3) is 0 Å². The molecule has 2 rings (SSSR count). The van der Waals surface area contributed by atoms with Gasteiger partial charge in [0.05, 0.1) is 6.04 Å². The normalized spacial score (nSPS) is 31.6. The van der Waals surface area contributed by atoms with Gasteiger partial charge in [0, 0.05) is 6.04 Å². The van der Waals surface area contributed by atoms with Crippen LogP contribution in [0.5, 0.6) is 0 Å². The van der Waals surface area contributed by atoms with Gasteiger partial charge in [-0.2, -0.15) is 0 Å². The number of hydrogen-bond donors (Lipinski definition) is 1. The number of carbonyl (C=O) groups excluding carboxylic acids is 1. The second-order valence-corrected chi connectivity index (χ2v) is 4.94. The van der Waals surface area contributed by atoms with Gasteiger partial charge in [0.25, 0.3) is 0 Å². The minimum atomic E-state index is -0.926. The average Bonchev–Trinajstić information content (AvgIpc) is 2.73. The zero-order valence-corrected chi connectivity index (χ0v) is 9.47. The topological polar surface area (TPSA) is 57.6 Å². The summed E-state index contributed by atoms with van der Waals surface area (Å²) in [5, 5.41) is 9.18. The van der Waals surface area contributed by atoms with E-state index in [1.807, 2.05) is 0 Å². The molecule has 1 amide bonds. The summed E-state index contributed by atoms with van der Waals surface area (Å²) in [4.78, 5) is 23.4. The maximum absolute atomic E-state index is 11.2. The number of aldehydes is 1. The van der Waals surface area contributed by atoms with Gasteiger partial charge in [0.2, 0.25) is 0 Å². The average molecular weight is 225 g/mol. The van der Waals surface area contributed by atoms with Crippen LogP contribution in [0.2, 0.25) is 0 Å². The number of likely N-dealkylation sites (tertiary alicyclic amines) is 1. The highest BCUT2D eigenvalue weighted by atomic mass is 16.4. The van der Waals surface area contributed by atoms with E-state index in [2.05, 4.69) is 0 Å². The van der Waals surface area contributed by atoms with E-state index in [0.29, 0.717) is 12.3 Å². The monoisotopic (exact) mass is 225 g/mol. The molecule has 1 aliphatic heterocycles. The first-order valence-corrected chi connectivity index (χ1v) is 6.20. The number of carboxylic acid groups (broad SMARTS) is 1. The third-order valence-corrected chi connectivity index (χ3v) is 4.04. The second kappa shape index (κ2) is 4.85. The minimum absolute atomic E-state index is 0.0907. The third-order valence-electron chi connectivity index (χ3n) is 4.04. The molecule has 2 atom stereocenters. The van der Waals surface area contributed by atoms with Crippen molar-refractivity contribution in [2.45, 2.75) is 57.0 Å². The Bertz CT molecular complexity index is 273. The Morgan fingerprint density at radius 3 is 2.38 bits per heavy atom. The smallest absolute Gasteiger partial charge is 0.408 e. The van der Waals surface area contributed by atoms with Crippen LogP contribution in [0.3, 0.4) is 0 Å². The second-order valence-electron chi connectivity index (χ2n) is 4.94. The van der Waals surface area contributed by atoms with Gasteiger partial charge in [-0.3, -0.25) is 4.90 Å². The van der Waals surface area contributed by atoms with Gasteiger partial charge in [-0.15, -0.1) is 0 Å². The maximum Gasteiger partial charge on any atom is 0.408 e. The maximum atomic E-state index is 11.2. The molecule has 1 N–H and O–H groups in total. The van der Waals surface area contributed by atoms with E-state index in [-0.39, 0.29) is 6.04 Å². The van der Waals surface area contributed by atoms with E-state index in [1.165, 1.54) is 24.2 Å². The fourth-order valence-corrected chi connectivity index (χ4v) is 3.26. The number of amides is 1. The summed E-state index contributed by atoms with van der Waals surface area (Å²) in [5.74, 6) is 0.481. The van der Waals surface area contributed by atoms with Gasteiger partial charge in [-0.25, -0.2) is 4.79 Å². The molecule has 1 heterocycles. The molecule has 0 unspecified atom stereocenters. The van der Waals surface area contributed by atoms with Crippen LogP contribution in [0.15, 0.2) is 0 Å². The van der Waals surface area contributed by atoms with E-state index in [1.54, 1.807) is 0 Å². The Hall–Kier alpha value is -1.06. The fraction of sp³-hybridized carbons (Fsp3) is 0.833. The summed E-state index contributed by atoms with van der Waals surface area (Å²) in [6.45, 7) is 0. The summed E-state index contributed by atoms with van der Waals surface area (Å²) >= 11 is 0. The van der Waals surface area contributed by atoms with E-state index >= 15 is 0 Å². The SMILES string of the molecule is O=C[C@H]1CC[C@@H](C2CCCCC2)N1C(=O)O. The Labute approximate surface area is 95.6 Å². The lowest BCUT2D eigenvalue weighted by molar-refractivity contribution is -0.111. The number of hydrogen-bond acceptors (Lipinski definition) is 2. The molecule has 4 heteroatoms. The molecule has 1 saturated heterocycles. The molecular weight excluding hydrogens is 206 g/mol. The van der Waals surface area contributed by atoms with Gasteiger partial charge >= 0.3 is 6.09 Å². The Morgan fingerprint density at radius 2 is 1.81 bits per heavy atom. The molecule has 0 radical (unpaired) electrons. The lowest BCUT2D eigenvalue weighted by Crippen LogP contribution is -2.44. The van der Waals surface area contributed by atoms with Gasteiger partial charge in [0.1, 0.15) is 6.29 Å². The van der Waals surface area contributed by atoms with Crippen molar-refractivity contribution in [1.29, 1.82) is 0 Å². The Morgan fingerprint density at radius 1 is 1.12 bits per heavy atom. The summed E-state index contributed by atoms with van der Waals surface area (Å²) in [7, 11) is 0. The van der Waals surface area contributed by atoms with Crippen LogP contribution in [0.4, 0.5) is 4.79 Å². The molecule has 0 aromatic carbocycles. The molecule has 2 fully saturated rings. The molecule has 90 valence electrons. The molecule has 2 aliphatic rings. The summed E-state index contributed by atoms with van der Waals surface area (Å²) in [6, 6.07) is -0.308. The predicted octanol–water partition coefficient (Wildman–Crippen LogP) is 2.28. The first-order valence-electron chi connectivity index (χ1n) is 6.20. The zero-order valence-electron chi connectivity index (χ0n) is 9.47. The molecule has 1 saturated carbocycles. The molecular formula is C12H19NO3. The Balaban J connectivity index is 2.07. The number of carbonyl (C=O) groups is 2. The molecule has 0 spiro atoms. The van der Waals surface area contributed by atoms with Crippen molar-refractivity contribution in [3.05, 3.63) is 0 Å². The first kappa shape index (κ1) is 11.4. The van der Waals surface area contributed by atoms with Gasteiger partial charge in [-0.1, -0.05) is 19.3 Å². The van der Waals surface area contributed by atoms with Crippen molar-refractivity contribution in [2.24, 2.45) is 5.92 Å². The zero-order chi connectivity index (χ0) is 11.5. The van der Waals surface area contributed by atoms with E-state index in [0.717, 1.165) is 25.5 Å². The summed E-state index contributed by atoms with van der Waals surface area (Å²) < 4.78 is 0. The van der Waals surface area contributed by atoms with E-state index < -0.39 is 12.1 Å². The van der Waals surface area contributed by atoms with Crippen molar-refractivity contribution in [2.75, 3.05) is 0 Å². The minimum Gasteiger partial charge on any atom is -0.465 e. The van der Waals surface area contributed by atoms with Gasteiger partial charge < -0.3 is 9.90 Å². The predicted molar refractivity (Wildman–Crippen MR) is 59.3 cm³/mol. The highest BCUT2D eigenvalue weighted by Crippen LogP contribution is 2.36. The van der Waals surface area contributed by atoms with E-state index in [9.17, 15) is 14.7 Å². The summed E-state index contributed by atoms with van der Waals surface area (Å²) in [6.07, 6.45) is 7.37. The summed E-state index contributed by atoms with van der Waals surface area (Å²) in [5.41, 5.74) is 0. The van der Waals surface area contributed by atoms with Crippen LogP contribution in [0.1, 0.15) is 44.9 Å². The highest BCUT2D eigenvalue weighted by molar-refractivity contribution is 5.73. The van der Waals surface area contributed by atoms with Crippen LogP contribution in [-0.2, 0) is 4.79 Å². The number of rotatable bonds is 2. The largest absolute Gasteiger partial charge is 0.465 e. The van der Waals surface area contributed by atoms with Crippen molar-refractivity contribution in [3.8, 4) is 0 Å². The van der Waals surface area contributed by atoms with Crippen LogP contribution in [0, 0.1) is 5.92 Å². The van der Waals surface area contributed by atoms with Crippen molar-refractivity contribution >= 4 is 12.4 Å². The molecule has 0 aromatic heterocycles. The Kier molecular flexibility index (Phi) is 3.46. The first-order chi connectivity index (χ1) is 7.74. The van der Waals surface area contributed by atoms with E-state index in [4.69, 9.17) is 0 Å². The van der Waals surface area contributed by atoms with Gasteiger partial charge in [0.15, 0.2) is 0 Å². The van der Waals surface area contributed by atoms with Gasteiger partial charge in [-0.05, 0) is 31.6 Å². The highest BCUT2D eigenvalue weighted by Gasteiger charge is 2.40. The van der Waals surface area contributed by atoms with Crippen molar-refractivity contribution in [1.82, 2.24) is 4.90 Å². The van der Waals surface area contributed by atoms with Crippen LogP contribution < -0.4 is 0 Å². The van der Waals surface area contributed by atoms with Crippen LogP contribution in [-0.4, -0.2) is 34.5 Å². The molecule has 1 aliphatic carbocycles. The lowest BCUT2D eigenvalue weighted by Gasteiger charge is -2.33. The third kappa shape index (κ3) is 2.06. The van der Waals surface area contributed by atoms with Crippen LogP contribution >= 0.6 is 0 Å². The lowest BCUT2D eigenvalue weighted by atomic mass is 9.83. The van der Waals surface area contributed by atoms with Crippen molar-refractivity contribution in [3.63, 3.8) is 0 Å². The standard InChI is InChI=1S/C12H19NO3/c14-8-10-6-7-11(13(10)12(15)16)9-4-2-1-3-5-9/h8-11H,1-7H2,(H,15,16)/t10-,11+/m1/s1. The molecule has 0 aromatic rings. The molecule has 4 nitrogen and oxygen atoms in total. The fourth-order valence-electron chi connectivity index (χ4n) is 3.26. The molecule has 16 heavy (non-hydrogen) atoms. The molecule has 0 bridgehead atoms. The quantitative estimate of drug-likeness (QED) is 0.733. The number of nitrogens with zero attached hydrogens (tertiary/aromatic N) is 1.